The molecule has 2 saturated heterocycles. The molecule has 2 heterocycles. The molecule has 2 N–H and O–H groups in total. The standard InChI is InChI=1S/C19H37N5O.HI/c1-16(2)14-24-10-6-17(7-11-24)22-18(20-3)21-15-19(23(4)5)8-12-25-13-9-19;/h17H,1,6-15H2,2-5H3,(H2,20,21,22);1H. The fourth-order valence-corrected chi connectivity index (χ4v) is 3.79. The molecule has 0 aromatic rings. The number of likely N-dealkylation sites (tertiary alicyclic amines) is 1. The first kappa shape index (κ1) is 23.7. The van der Waals surface area contributed by atoms with E-state index < -0.39 is 0 Å². The lowest BCUT2D eigenvalue weighted by atomic mass is 9.88. The Bertz CT molecular complexity index is 455. The van der Waals surface area contributed by atoms with Gasteiger partial charge < -0.3 is 20.3 Å². The van der Waals surface area contributed by atoms with Gasteiger partial charge in [0.05, 0.1) is 0 Å². The van der Waals surface area contributed by atoms with Crippen LogP contribution in [0.5, 0.6) is 0 Å². The van der Waals surface area contributed by atoms with Crippen LogP contribution in [0.3, 0.4) is 0 Å². The molecule has 2 aliphatic rings. The van der Waals surface area contributed by atoms with E-state index in [1.807, 2.05) is 7.05 Å². The van der Waals surface area contributed by atoms with Gasteiger partial charge in [-0.1, -0.05) is 12.2 Å². The van der Waals surface area contributed by atoms with Gasteiger partial charge in [-0.2, -0.15) is 0 Å². The number of likely N-dealkylation sites (N-methyl/N-ethyl adjacent to an activating group) is 1. The van der Waals surface area contributed by atoms with Crippen LogP contribution in [0.2, 0.25) is 0 Å². The molecule has 2 rings (SSSR count). The summed E-state index contributed by atoms with van der Waals surface area (Å²) >= 11 is 0. The van der Waals surface area contributed by atoms with Gasteiger partial charge in [-0.25, -0.2) is 0 Å². The fraction of sp³-hybridized carbons (Fsp3) is 0.842. The first-order valence-electron chi connectivity index (χ1n) is 9.54. The fourth-order valence-electron chi connectivity index (χ4n) is 3.79. The van der Waals surface area contributed by atoms with E-state index in [0.717, 1.165) is 71.0 Å². The maximum atomic E-state index is 5.56. The summed E-state index contributed by atoms with van der Waals surface area (Å²) in [5.74, 6) is 0.922. The maximum absolute atomic E-state index is 5.56. The summed E-state index contributed by atoms with van der Waals surface area (Å²) in [5.41, 5.74) is 1.40. The Kier molecular flexibility index (Phi) is 10.4. The van der Waals surface area contributed by atoms with Crippen LogP contribution in [0, 0.1) is 0 Å². The molecule has 0 radical (unpaired) electrons. The van der Waals surface area contributed by atoms with E-state index >= 15 is 0 Å². The van der Waals surface area contributed by atoms with Crippen molar-refractivity contribution in [3.63, 3.8) is 0 Å². The number of ether oxygens (including phenoxy) is 1. The van der Waals surface area contributed by atoms with Crippen LogP contribution in [0.25, 0.3) is 0 Å². The summed E-state index contributed by atoms with van der Waals surface area (Å²) in [4.78, 5) is 9.27. The zero-order valence-electron chi connectivity index (χ0n) is 17.0. The number of guanidine groups is 1. The van der Waals surface area contributed by atoms with Gasteiger partial charge in [0.15, 0.2) is 5.96 Å². The zero-order chi connectivity index (χ0) is 18.3. The van der Waals surface area contributed by atoms with E-state index in [1.54, 1.807) is 0 Å². The third-order valence-corrected chi connectivity index (χ3v) is 5.60. The predicted molar refractivity (Wildman–Crippen MR) is 121 cm³/mol. The van der Waals surface area contributed by atoms with Crippen molar-refractivity contribution < 1.29 is 4.74 Å². The first-order chi connectivity index (χ1) is 11.9. The molecule has 0 bridgehead atoms. The first-order valence-corrected chi connectivity index (χ1v) is 9.54. The number of nitrogens with one attached hydrogen (secondary N) is 2. The van der Waals surface area contributed by atoms with E-state index in [-0.39, 0.29) is 29.5 Å². The van der Waals surface area contributed by atoms with E-state index in [2.05, 4.69) is 53.0 Å². The average molecular weight is 479 g/mol. The zero-order valence-corrected chi connectivity index (χ0v) is 19.3. The summed E-state index contributed by atoms with van der Waals surface area (Å²) in [5, 5.41) is 7.18. The molecule has 152 valence electrons. The molecule has 0 atom stereocenters. The second-order valence-electron chi connectivity index (χ2n) is 7.81. The van der Waals surface area contributed by atoms with Crippen LogP contribution in [0.1, 0.15) is 32.6 Å². The SMILES string of the molecule is C=C(C)CN1CCC(NC(=NC)NCC2(N(C)C)CCOCC2)CC1.I. The normalized spacial score (nSPS) is 22.0. The van der Waals surface area contributed by atoms with Gasteiger partial charge in [-0.3, -0.25) is 9.89 Å². The van der Waals surface area contributed by atoms with Crippen molar-refractivity contribution in [2.24, 2.45) is 4.99 Å². The lowest BCUT2D eigenvalue weighted by Crippen LogP contribution is -2.58. The summed E-state index contributed by atoms with van der Waals surface area (Å²) in [6.45, 7) is 12.0. The van der Waals surface area contributed by atoms with Crippen molar-refractivity contribution in [3.05, 3.63) is 12.2 Å². The Morgan fingerprint density at radius 2 is 1.88 bits per heavy atom. The van der Waals surface area contributed by atoms with Gasteiger partial charge in [0.25, 0.3) is 0 Å². The third-order valence-electron chi connectivity index (χ3n) is 5.60. The molecule has 0 spiro atoms. The van der Waals surface area contributed by atoms with Crippen LogP contribution >= 0.6 is 24.0 Å². The highest BCUT2D eigenvalue weighted by molar-refractivity contribution is 14.0. The lowest BCUT2D eigenvalue weighted by Gasteiger charge is -2.43. The molecule has 7 heteroatoms. The third kappa shape index (κ3) is 6.98. The molecule has 0 aromatic carbocycles. The smallest absolute Gasteiger partial charge is 0.191 e. The molecule has 0 aliphatic carbocycles. The molecule has 0 aromatic heterocycles. The number of aliphatic imine (C=N–C) groups is 1. The number of rotatable bonds is 6. The summed E-state index contributed by atoms with van der Waals surface area (Å²) in [6.07, 6.45) is 4.42. The Hall–Kier alpha value is -0.380. The van der Waals surface area contributed by atoms with Crippen LogP contribution in [-0.2, 0) is 4.74 Å². The minimum Gasteiger partial charge on any atom is -0.381 e. The topological polar surface area (TPSA) is 52.1 Å². The second kappa shape index (κ2) is 11.5. The van der Waals surface area contributed by atoms with Crippen molar-refractivity contribution in [3.8, 4) is 0 Å². The quantitative estimate of drug-likeness (QED) is 0.264. The van der Waals surface area contributed by atoms with Gasteiger partial charge in [0.1, 0.15) is 0 Å². The van der Waals surface area contributed by atoms with Crippen LogP contribution < -0.4 is 10.6 Å². The molecule has 2 fully saturated rings. The van der Waals surface area contributed by atoms with Crippen LogP contribution in [0.15, 0.2) is 17.1 Å². The number of hydrogen-bond donors (Lipinski definition) is 2. The van der Waals surface area contributed by atoms with E-state index in [0.29, 0.717) is 6.04 Å². The van der Waals surface area contributed by atoms with E-state index in [9.17, 15) is 0 Å². The van der Waals surface area contributed by atoms with E-state index in [4.69, 9.17) is 4.74 Å². The molecule has 0 amide bonds. The molecular weight excluding hydrogens is 441 g/mol. The molecule has 0 unspecified atom stereocenters. The van der Waals surface area contributed by atoms with Crippen molar-refractivity contribution in [2.75, 3.05) is 60.5 Å². The van der Waals surface area contributed by atoms with Gasteiger partial charge in [0.2, 0.25) is 0 Å². The molecule has 0 saturated carbocycles. The van der Waals surface area contributed by atoms with Crippen molar-refractivity contribution >= 4 is 29.9 Å². The minimum absolute atomic E-state index is 0. The summed E-state index contributed by atoms with van der Waals surface area (Å²) in [7, 11) is 6.19. The van der Waals surface area contributed by atoms with Crippen LogP contribution in [-0.4, -0.2) is 87.9 Å². The minimum atomic E-state index is 0. The summed E-state index contributed by atoms with van der Waals surface area (Å²) < 4.78 is 5.56. The predicted octanol–water partition coefficient (Wildman–Crippen LogP) is 1.92. The lowest BCUT2D eigenvalue weighted by molar-refractivity contribution is -0.00504. The van der Waals surface area contributed by atoms with Gasteiger partial charge >= 0.3 is 0 Å². The monoisotopic (exact) mass is 479 g/mol. The largest absolute Gasteiger partial charge is 0.381 e. The summed E-state index contributed by atoms with van der Waals surface area (Å²) in [6, 6.07) is 0.498. The molecule has 6 nitrogen and oxygen atoms in total. The van der Waals surface area contributed by atoms with Crippen molar-refractivity contribution in [1.82, 2.24) is 20.4 Å². The molecule has 2 aliphatic heterocycles. The molecular formula is C19H38IN5O. The number of halogens is 1. The highest BCUT2D eigenvalue weighted by Gasteiger charge is 2.35. The van der Waals surface area contributed by atoms with Crippen molar-refractivity contribution in [2.45, 2.75) is 44.2 Å². The van der Waals surface area contributed by atoms with Gasteiger partial charge in [-0.15, -0.1) is 24.0 Å². The Morgan fingerprint density at radius 1 is 1.27 bits per heavy atom. The maximum Gasteiger partial charge on any atom is 0.191 e. The Morgan fingerprint density at radius 3 is 2.38 bits per heavy atom. The average Bonchev–Trinajstić information content (AvgIpc) is 2.60. The highest BCUT2D eigenvalue weighted by atomic mass is 127. The Balaban J connectivity index is 0.00000338. The van der Waals surface area contributed by atoms with Gasteiger partial charge in [0, 0.05) is 58.0 Å². The van der Waals surface area contributed by atoms with Gasteiger partial charge in [-0.05, 0) is 46.7 Å². The number of nitrogens with zero attached hydrogens (tertiary/aromatic N) is 3. The number of piperidine rings is 1. The second-order valence-corrected chi connectivity index (χ2v) is 7.81. The Labute approximate surface area is 176 Å². The van der Waals surface area contributed by atoms with E-state index in [1.165, 1.54) is 5.57 Å². The van der Waals surface area contributed by atoms with Crippen molar-refractivity contribution in [1.29, 1.82) is 0 Å². The molecule has 26 heavy (non-hydrogen) atoms. The number of hydrogen-bond acceptors (Lipinski definition) is 4. The highest BCUT2D eigenvalue weighted by Crippen LogP contribution is 2.25. The van der Waals surface area contributed by atoms with Crippen LogP contribution in [0.4, 0.5) is 0 Å².